The number of aromatic nitrogens is 1. The molecule has 3 rings (SSSR count). The van der Waals surface area contributed by atoms with Gasteiger partial charge in [-0.3, -0.25) is 4.98 Å². The van der Waals surface area contributed by atoms with E-state index in [0.717, 1.165) is 34.9 Å². The summed E-state index contributed by atoms with van der Waals surface area (Å²) in [5.41, 5.74) is 8.22. The van der Waals surface area contributed by atoms with Crippen LogP contribution in [-0.2, 0) is 0 Å². The van der Waals surface area contributed by atoms with Gasteiger partial charge in [-0.1, -0.05) is 12.1 Å². The molecule has 1 aromatic carbocycles. The van der Waals surface area contributed by atoms with Gasteiger partial charge in [0.1, 0.15) is 0 Å². The zero-order valence-electron chi connectivity index (χ0n) is 9.44. The monoisotopic (exact) mass is 291 g/mol. The zero-order valence-corrected chi connectivity index (χ0v) is 11.0. The number of hydrogen-bond acceptors (Lipinski definition) is 3. The molecule has 0 aliphatic carbocycles. The summed E-state index contributed by atoms with van der Waals surface area (Å²) < 4.78 is 1.01. The highest BCUT2D eigenvalue weighted by Crippen LogP contribution is 2.28. The van der Waals surface area contributed by atoms with Crippen molar-refractivity contribution < 1.29 is 0 Å². The van der Waals surface area contributed by atoms with Crippen LogP contribution in [0.3, 0.4) is 0 Å². The lowest BCUT2D eigenvalue weighted by Crippen LogP contribution is -2.26. The first-order valence-electron chi connectivity index (χ1n) is 5.79. The molecule has 4 heteroatoms. The van der Waals surface area contributed by atoms with Gasteiger partial charge in [0, 0.05) is 35.2 Å². The van der Waals surface area contributed by atoms with Crippen molar-refractivity contribution in [2.45, 2.75) is 12.5 Å². The van der Waals surface area contributed by atoms with E-state index in [0.29, 0.717) is 6.04 Å². The highest BCUT2D eigenvalue weighted by atomic mass is 79.9. The van der Waals surface area contributed by atoms with Crippen LogP contribution in [0, 0.1) is 0 Å². The average molecular weight is 292 g/mol. The van der Waals surface area contributed by atoms with Crippen molar-refractivity contribution in [2.24, 2.45) is 5.73 Å². The Kier molecular flexibility index (Phi) is 2.76. The van der Waals surface area contributed by atoms with Crippen molar-refractivity contribution >= 4 is 32.5 Å². The first-order chi connectivity index (χ1) is 8.24. The van der Waals surface area contributed by atoms with Crippen LogP contribution in [0.4, 0.5) is 5.69 Å². The molecule has 17 heavy (non-hydrogen) atoms. The molecule has 1 atom stereocenters. The molecule has 2 N–H and O–H groups in total. The predicted molar refractivity (Wildman–Crippen MR) is 74.2 cm³/mol. The molecule has 0 amide bonds. The second-order valence-corrected chi connectivity index (χ2v) is 5.41. The molecule has 1 unspecified atom stereocenters. The third kappa shape index (κ3) is 2.03. The number of nitrogens with two attached hydrogens (primary N) is 1. The Labute approximate surface area is 109 Å². The smallest absolute Gasteiger partial charge is 0.0936 e. The minimum Gasteiger partial charge on any atom is -0.368 e. The van der Waals surface area contributed by atoms with Gasteiger partial charge in [0.15, 0.2) is 0 Å². The SMILES string of the molecule is NC1CCN(c2cccc3cc(Br)cnc23)C1. The molecule has 0 spiro atoms. The lowest BCUT2D eigenvalue weighted by atomic mass is 10.2. The Morgan fingerprint density at radius 2 is 2.29 bits per heavy atom. The molecule has 1 aromatic heterocycles. The van der Waals surface area contributed by atoms with Crippen LogP contribution < -0.4 is 10.6 Å². The number of pyridine rings is 1. The van der Waals surface area contributed by atoms with Gasteiger partial charge in [0.2, 0.25) is 0 Å². The van der Waals surface area contributed by atoms with Gasteiger partial charge in [-0.05, 0) is 34.5 Å². The molecule has 1 aliphatic rings. The van der Waals surface area contributed by atoms with E-state index < -0.39 is 0 Å². The van der Waals surface area contributed by atoms with Crippen LogP contribution in [-0.4, -0.2) is 24.1 Å². The minimum atomic E-state index is 0.292. The van der Waals surface area contributed by atoms with Gasteiger partial charge < -0.3 is 10.6 Å². The Morgan fingerprint density at radius 3 is 3.06 bits per heavy atom. The third-order valence-corrected chi connectivity index (χ3v) is 3.66. The summed E-state index contributed by atoms with van der Waals surface area (Å²) >= 11 is 3.45. The number of halogens is 1. The first kappa shape index (κ1) is 11.0. The molecular weight excluding hydrogens is 278 g/mol. The van der Waals surface area contributed by atoms with Gasteiger partial charge in [-0.15, -0.1) is 0 Å². The Bertz CT molecular complexity index is 555. The van der Waals surface area contributed by atoms with E-state index >= 15 is 0 Å². The van der Waals surface area contributed by atoms with Crippen LogP contribution >= 0.6 is 15.9 Å². The van der Waals surface area contributed by atoms with Crippen molar-refractivity contribution in [2.75, 3.05) is 18.0 Å². The summed E-state index contributed by atoms with van der Waals surface area (Å²) in [6, 6.07) is 8.69. The molecule has 2 heterocycles. The molecule has 1 fully saturated rings. The van der Waals surface area contributed by atoms with Crippen molar-refractivity contribution in [3.63, 3.8) is 0 Å². The molecule has 3 nitrogen and oxygen atoms in total. The summed E-state index contributed by atoms with van der Waals surface area (Å²) in [6.45, 7) is 1.95. The maximum absolute atomic E-state index is 5.96. The van der Waals surface area contributed by atoms with Crippen LogP contribution in [0.25, 0.3) is 10.9 Å². The predicted octanol–water partition coefficient (Wildman–Crippen LogP) is 2.53. The van der Waals surface area contributed by atoms with Crippen molar-refractivity contribution in [3.05, 3.63) is 34.9 Å². The summed E-state index contributed by atoms with van der Waals surface area (Å²) in [4.78, 5) is 6.85. The van der Waals surface area contributed by atoms with E-state index in [1.54, 1.807) is 0 Å². The molecule has 2 aromatic rings. The van der Waals surface area contributed by atoms with Crippen LogP contribution in [0.2, 0.25) is 0 Å². The van der Waals surface area contributed by atoms with Gasteiger partial charge >= 0.3 is 0 Å². The maximum Gasteiger partial charge on any atom is 0.0936 e. The Morgan fingerprint density at radius 1 is 1.41 bits per heavy atom. The number of rotatable bonds is 1. The molecule has 0 bridgehead atoms. The summed E-state index contributed by atoms with van der Waals surface area (Å²) in [5, 5.41) is 1.16. The van der Waals surface area contributed by atoms with E-state index in [1.807, 2.05) is 6.20 Å². The average Bonchev–Trinajstić information content (AvgIpc) is 2.74. The second-order valence-electron chi connectivity index (χ2n) is 4.50. The van der Waals surface area contributed by atoms with E-state index in [9.17, 15) is 0 Å². The van der Waals surface area contributed by atoms with Gasteiger partial charge in [-0.2, -0.15) is 0 Å². The van der Waals surface area contributed by atoms with Crippen LogP contribution in [0.15, 0.2) is 34.9 Å². The van der Waals surface area contributed by atoms with E-state index in [2.05, 4.69) is 50.1 Å². The standard InChI is InChI=1S/C13H14BrN3/c14-10-6-9-2-1-3-12(13(9)16-7-10)17-5-4-11(15)8-17/h1-3,6-7,11H,4-5,8,15H2. The number of para-hydroxylation sites is 1. The lowest BCUT2D eigenvalue weighted by Gasteiger charge is -2.19. The summed E-state index contributed by atoms with van der Waals surface area (Å²) in [7, 11) is 0. The molecule has 1 saturated heterocycles. The number of benzene rings is 1. The van der Waals surface area contributed by atoms with E-state index in [1.165, 1.54) is 5.69 Å². The molecule has 1 aliphatic heterocycles. The largest absolute Gasteiger partial charge is 0.368 e. The van der Waals surface area contributed by atoms with Crippen LogP contribution in [0.1, 0.15) is 6.42 Å². The lowest BCUT2D eigenvalue weighted by molar-refractivity contribution is 0.752. The van der Waals surface area contributed by atoms with Crippen molar-refractivity contribution in [1.29, 1.82) is 0 Å². The fraction of sp³-hybridized carbons (Fsp3) is 0.308. The first-order valence-corrected chi connectivity index (χ1v) is 6.58. The van der Waals surface area contributed by atoms with Gasteiger partial charge in [0.25, 0.3) is 0 Å². The van der Waals surface area contributed by atoms with Gasteiger partial charge in [0.05, 0.1) is 11.2 Å². The van der Waals surface area contributed by atoms with E-state index in [4.69, 9.17) is 5.73 Å². The fourth-order valence-electron chi connectivity index (χ4n) is 2.38. The molecule has 0 radical (unpaired) electrons. The van der Waals surface area contributed by atoms with Crippen molar-refractivity contribution in [1.82, 2.24) is 4.98 Å². The maximum atomic E-state index is 5.96. The minimum absolute atomic E-state index is 0.292. The van der Waals surface area contributed by atoms with Crippen molar-refractivity contribution in [3.8, 4) is 0 Å². The molecule has 88 valence electrons. The second kappa shape index (κ2) is 4.27. The van der Waals surface area contributed by atoms with E-state index in [-0.39, 0.29) is 0 Å². The summed E-state index contributed by atoms with van der Waals surface area (Å²) in [5.74, 6) is 0. The zero-order chi connectivity index (χ0) is 11.8. The highest BCUT2D eigenvalue weighted by molar-refractivity contribution is 9.10. The third-order valence-electron chi connectivity index (χ3n) is 3.22. The number of fused-ring (bicyclic) bond motifs is 1. The fourth-order valence-corrected chi connectivity index (χ4v) is 2.73. The number of hydrogen-bond donors (Lipinski definition) is 1. The highest BCUT2D eigenvalue weighted by Gasteiger charge is 2.21. The number of nitrogens with zero attached hydrogens (tertiary/aromatic N) is 2. The Hall–Kier alpha value is -1.13. The van der Waals surface area contributed by atoms with Gasteiger partial charge in [-0.25, -0.2) is 0 Å². The quantitative estimate of drug-likeness (QED) is 0.878. The molecule has 0 saturated carbocycles. The van der Waals surface area contributed by atoms with Crippen LogP contribution in [0.5, 0.6) is 0 Å². The normalized spacial score (nSPS) is 20.1. The number of anilines is 1. The summed E-state index contributed by atoms with van der Waals surface area (Å²) in [6.07, 6.45) is 2.91. The molecular formula is C13H14BrN3. The topological polar surface area (TPSA) is 42.1 Å². The Balaban J connectivity index is 2.10.